The van der Waals surface area contributed by atoms with E-state index in [2.05, 4.69) is 202 Å². The molecule has 1 aliphatic carbocycles. The lowest BCUT2D eigenvalue weighted by Crippen LogP contribution is -2.63. The van der Waals surface area contributed by atoms with Gasteiger partial charge >= 0.3 is 6.85 Å². The first-order valence-electron chi connectivity index (χ1n) is 21.0. The molecule has 59 heavy (non-hydrogen) atoms. The van der Waals surface area contributed by atoms with Gasteiger partial charge in [0.05, 0.1) is 5.69 Å². The number of aryl methyl sites for hydroxylation is 1. The molecule has 0 radical (unpaired) electrons. The van der Waals surface area contributed by atoms with Crippen molar-refractivity contribution < 1.29 is 4.42 Å². The number of hydrogen-bond acceptors (Lipinski definition) is 3. The molecule has 0 N–H and O–H groups in total. The number of anilines is 5. The van der Waals surface area contributed by atoms with E-state index in [0.717, 1.165) is 21.9 Å². The zero-order valence-corrected chi connectivity index (χ0v) is 33.9. The standard InChI is InChI=1S/C55H41BN2O/c1-32-26-29-44(38(30-32)33-16-7-6-8-17-33)57-46-31-39-35-19-10-14-25-47(35)59-53(39)48-37-20-15-23-42-51(37)58(45-24-13-12-22-41(45)54(42,2)3)56(50(46)48)43-28-27-36-34-18-9-11-21-40(34)55(4,5)49(36)52(43)57/h6-31H,1-5H3. The summed E-state index contributed by atoms with van der Waals surface area (Å²) in [5, 5.41) is 2.28. The highest BCUT2D eigenvalue weighted by atomic mass is 16.3. The van der Waals surface area contributed by atoms with Gasteiger partial charge in [-0.25, -0.2) is 0 Å². The number of para-hydroxylation sites is 3. The molecule has 0 unspecified atom stereocenters. The predicted octanol–water partition coefficient (Wildman–Crippen LogP) is 13.2. The van der Waals surface area contributed by atoms with Gasteiger partial charge in [0.1, 0.15) is 11.2 Å². The first kappa shape index (κ1) is 33.2. The van der Waals surface area contributed by atoms with E-state index < -0.39 is 0 Å². The smallest absolute Gasteiger partial charge is 0.333 e. The maximum absolute atomic E-state index is 7.08. The van der Waals surface area contributed by atoms with Gasteiger partial charge in [-0.2, -0.15) is 0 Å². The van der Waals surface area contributed by atoms with E-state index in [1.54, 1.807) is 0 Å². The molecule has 280 valence electrons. The van der Waals surface area contributed by atoms with Gasteiger partial charge in [-0.3, -0.25) is 0 Å². The van der Waals surface area contributed by atoms with Gasteiger partial charge < -0.3 is 14.1 Å². The van der Waals surface area contributed by atoms with E-state index in [9.17, 15) is 0 Å². The Labute approximate surface area is 345 Å². The van der Waals surface area contributed by atoms with Crippen molar-refractivity contribution in [2.45, 2.75) is 45.4 Å². The minimum atomic E-state index is -0.264. The Morgan fingerprint density at radius 3 is 2.10 bits per heavy atom. The van der Waals surface area contributed by atoms with Crippen molar-refractivity contribution in [3.05, 3.63) is 186 Å². The van der Waals surface area contributed by atoms with Gasteiger partial charge in [0.2, 0.25) is 0 Å². The topological polar surface area (TPSA) is 19.6 Å². The van der Waals surface area contributed by atoms with Gasteiger partial charge in [-0.15, -0.1) is 0 Å². The first-order valence-corrected chi connectivity index (χ1v) is 21.0. The summed E-state index contributed by atoms with van der Waals surface area (Å²) in [6.07, 6.45) is 0. The van der Waals surface area contributed by atoms with Crippen molar-refractivity contribution in [2.75, 3.05) is 9.71 Å². The van der Waals surface area contributed by atoms with Crippen LogP contribution in [0.15, 0.2) is 162 Å². The van der Waals surface area contributed by atoms with Crippen molar-refractivity contribution >= 4 is 68.1 Å². The predicted molar refractivity (Wildman–Crippen MR) is 247 cm³/mol. The molecule has 0 atom stereocenters. The van der Waals surface area contributed by atoms with Gasteiger partial charge in [0.25, 0.3) is 0 Å². The van der Waals surface area contributed by atoms with Crippen LogP contribution in [0.25, 0.3) is 55.3 Å². The maximum Gasteiger partial charge on any atom is 0.333 e. The van der Waals surface area contributed by atoms with Crippen LogP contribution < -0.4 is 20.6 Å². The lowest BCUT2D eigenvalue weighted by atomic mass is 9.42. The van der Waals surface area contributed by atoms with Crippen molar-refractivity contribution in [3.8, 4) is 33.4 Å². The van der Waals surface area contributed by atoms with Crippen LogP contribution in [0.5, 0.6) is 0 Å². The highest BCUT2D eigenvalue weighted by Gasteiger charge is 2.53. The Morgan fingerprint density at radius 1 is 0.508 bits per heavy atom. The van der Waals surface area contributed by atoms with Crippen molar-refractivity contribution in [2.24, 2.45) is 0 Å². The van der Waals surface area contributed by atoms with Gasteiger partial charge in [-0.05, 0) is 87.1 Å². The largest absolute Gasteiger partial charge is 0.455 e. The lowest BCUT2D eigenvalue weighted by molar-refractivity contribution is 0.633. The van der Waals surface area contributed by atoms with E-state index >= 15 is 0 Å². The molecule has 8 aromatic carbocycles. The molecule has 13 rings (SSSR count). The Hall–Kier alpha value is -6.78. The Bertz CT molecular complexity index is 3320. The van der Waals surface area contributed by atoms with Crippen LogP contribution in [0.2, 0.25) is 0 Å². The van der Waals surface area contributed by atoms with Crippen LogP contribution in [-0.2, 0) is 10.8 Å². The first-order chi connectivity index (χ1) is 28.7. The number of fused-ring (bicyclic) bond motifs is 14. The molecule has 0 amide bonds. The number of rotatable bonds is 2. The summed E-state index contributed by atoms with van der Waals surface area (Å²) in [6.45, 7) is 11.8. The van der Waals surface area contributed by atoms with E-state index in [0.29, 0.717) is 0 Å². The van der Waals surface area contributed by atoms with Crippen LogP contribution in [0.4, 0.5) is 28.4 Å². The van der Waals surface area contributed by atoms with Gasteiger partial charge in [-0.1, -0.05) is 161 Å². The molecule has 4 heterocycles. The third-order valence-corrected chi connectivity index (χ3v) is 14.2. The van der Waals surface area contributed by atoms with Crippen LogP contribution >= 0.6 is 0 Å². The second-order valence-electron chi connectivity index (χ2n) is 18.1. The Kier molecular flexibility index (Phi) is 6.33. The molecular formula is C55H41BN2O. The quantitative estimate of drug-likeness (QED) is 0.164. The van der Waals surface area contributed by atoms with Crippen molar-refractivity contribution in [1.82, 2.24) is 0 Å². The fourth-order valence-corrected chi connectivity index (χ4v) is 11.7. The van der Waals surface area contributed by atoms with Crippen LogP contribution in [0.3, 0.4) is 0 Å². The molecular weight excluding hydrogens is 715 g/mol. The average molecular weight is 757 g/mol. The summed E-state index contributed by atoms with van der Waals surface area (Å²) < 4.78 is 7.08. The summed E-state index contributed by atoms with van der Waals surface area (Å²) in [7, 11) is 0. The molecule has 3 nitrogen and oxygen atoms in total. The van der Waals surface area contributed by atoms with Crippen LogP contribution in [-0.4, -0.2) is 6.85 Å². The fraction of sp³-hybridized carbons (Fsp3) is 0.127. The molecule has 4 heteroatoms. The van der Waals surface area contributed by atoms with Crippen molar-refractivity contribution in [3.63, 3.8) is 0 Å². The molecule has 1 aromatic heterocycles. The van der Waals surface area contributed by atoms with Gasteiger partial charge in [0, 0.05) is 61.0 Å². The zero-order valence-electron chi connectivity index (χ0n) is 33.9. The SMILES string of the molecule is Cc1ccc(N2c3cc4c(oc5ccccc54)c4c3B(c3ccc5c(c32)C(C)(C)c2ccccc2-5)N2c3ccccc3C(C)(C)c3cccc-4c32)c(-c2ccccc2)c1. The summed E-state index contributed by atoms with van der Waals surface area (Å²) in [6, 6.07) is 59.1. The van der Waals surface area contributed by atoms with Crippen LogP contribution in [0, 0.1) is 6.92 Å². The molecule has 4 aliphatic rings. The molecule has 0 saturated carbocycles. The highest BCUT2D eigenvalue weighted by Crippen LogP contribution is 2.60. The van der Waals surface area contributed by atoms with E-state index in [1.165, 1.54) is 101 Å². The average Bonchev–Trinajstić information content (AvgIpc) is 3.75. The van der Waals surface area contributed by atoms with E-state index in [4.69, 9.17) is 4.42 Å². The minimum Gasteiger partial charge on any atom is -0.455 e. The van der Waals surface area contributed by atoms with E-state index in [-0.39, 0.29) is 17.7 Å². The number of hydrogen-bond donors (Lipinski definition) is 0. The summed E-state index contributed by atoms with van der Waals surface area (Å²) in [5.74, 6) is 0. The summed E-state index contributed by atoms with van der Waals surface area (Å²) >= 11 is 0. The lowest BCUT2D eigenvalue weighted by Gasteiger charge is -2.51. The number of furan rings is 1. The monoisotopic (exact) mass is 756 g/mol. The highest BCUT2D eigenvalue weighted by molar-refractivity contribution is 6.94. The molecule has 0 saturated heterocycles. The molecule has 9 aromatic rings. The fourth-order valence-electron chi connectivity index (χ4n) is 11.7. The summed E-state index contributed by atoms with van der Waals surface area (Å²) in [5.41, 5.74) is 24.4. The second-order valence-corrected chi connectivity index (χ2v) is 18.1. The third kappa shape index (κ3) is 4.09. The van der Waals surface area contributed by atoms with Crippen molar-refractivity contribution in [1.29, 1.82) is 0 Å². The Morgan fingerprint density at radius 2 is 1.24 bits per heavy atom. The van der Waals surface area contributed by atoms with Gasteiger partial charge in [0.15, 0.2) is 0 Å². The van der Waals surface area contributed by atoms with E-state index in [1.807, 2.05) is 0 Å². The third-order valence-electron chi connectivity index (χ3n) is 14.2. The number of nitrogens with zero attached hydrogens (tertiary/aromatic N) is 2. The summed E-state index contributed by atoms with van der Waals surface area (Å²) in [4.78, 5) is 5.37. The molecule has 0 bridgehead atoms. The zero-order chi connectivity index (χ0) is 39.5. The molecule has 0 fully saturated rings. The molecule has 0 spiro atoms. The number of benzene rings is 8. The molecule has 3 aliphatic heterocycles. The normalized spacial score (nSPS) is 15.7. The Balaban J connectivity index is 1.26. The second kappa shape index (κ2) is 11.2. The van der Waals surface area contributed by atoms with Crippen LogP contribution in [0.1, 0.15) is 55.5 Å². The maximum atomic E-state index is 7.08. The minimum absolute atomic E-state index is 0.120.